The molecule has 1 aromatic rings. The fourth-order valence-electron chi connectivity index (χ4n) is 2.94. The van der Waals surface area contributed by atoms with Crippen LogP contribution in [-0.2, 0) is 0 Å². The molecular weight excluding hydrogens is 328 g/mol. The van der Waals surface area contributed by atoms with Crippen LogP contribution in [0.1, 0.15) is 37.1 Å². The lowest BCUT2D eigenvalue weighted by molar-refractivity contribution is 0.373. The molecule has 0 bridgehead atoms. The molecule has 0 radical (unpaired) electrons. The second kappa shape index (κ2) is 6.36. The molecule has 0 aromatic heterocycles. The first-order valence-corrected chi connectivity index (χ1v) is 7.87. The van der Waals surface area contributed by atoms with Crippen LogP contribution in [0.25, 0.3) is 0 Å². The summed E-state index contributed by atoms with van der Waals surface area (Å²) in [6.45, 7) is 2.29. The molecule has 19 heavy (non-hydrogen) atoms. The van der Waals surface area contributed by atoms with Crippen LogP contribution in [0.5, 0.6) is 11.5 Å². The van der Waals surface area contributed by atoms with Gasteiger partial charge in [0, 0.05) is 5.56 Å². The summed E-state index contributed by atoms with van der Waals surface area (Å²) in [5, 5.41) is -0.0190. The third-order valence-corrected chi connectivity index (χ3v) is 5.28. The van der Waals surface area contributed by atoms with Gasteiger partial charge in [-0.25, -0.2) is 0 Å². The first-order chi connectivity index (χ1) is 9.08. The second-order valence-electron chi connectivity index (χ2n) is 5.20. The van der Waals surface area contributed by atoms with Crippen molar-refractivity contribution < 1.29 is 9.47 Å². The predicted octanol–water partition coefficient (Wildman–Crippen LogP) is 5.18. The number of rotatable bonds is 4. The topological polar surface area (TPSA) is 18.5 Å². The molecule has 3 atom stereocenters. The Labute approximate surface area is 128 Å². The summed E-state index contributed by atoms with van der Waals surface area (Å²) in [7, 11) is 3.34. The summed E-state index contributed by atoms with van der Waals surface area (Å²) in [5.41, 5.74) is 1.03. The standard InChI is InChI=1S/C15H20BrClO2/c1-9-5-4-6-10(9)15(17)11-7-14(19-3)12(16)8-13(11)18-2/h7-10,15H,4-6H2,1-3H3. The fraction of sp³-hybridized carbons (Fsp3) is 0.600. The van der Waals surface area contributed by atoms with E-state index in [0.717, 1.165) is 21.5 Å². The van der Waals surface area contributed by atoms with Crippen LogP contribution in [0.3, 0.4) is 0 Å². The van der Waals surface area contributed by atoms with Crippen molar-refractivity contribution in [2.75, 3.05) is 14.2 Å². The van der Waals surface area contributed by atoms with Gasteiger partial charge < -0.3 is 9.47 Å². The zero-order valence-corrected chi connectivity index (χ0v) is 13.9. The van der Waals surface area contributed by atoms with Crippen LogP contribution in [-0.4, -0.2) is 14.2 Å². The minimum atomic E-state index is -0.0190. The van der Waals surface area contributed by atoms with Gasteiger partial charge in [0.15, 0.2) is 0 Å². The van der Waals surface area contributed by atoms with Crippen molar-refractivity contribution in [2.45, 2.75) is 31.6 Å². The molecule has 1 fully saturated rings. The maximum atomic E-state index is 6.72. The predicted molar refractivity (Wildman–Crippen MR) is 82.3 cm³/mol. The highest BCUT2D eigenvalue weighted by atomic mass is 79.9. The lowest BCUT2D eigenvalue weighted by Crippen LogP contribution is -2.12. The van der Waals surface area contributed by atoms with E-state index in [1.807, 2.05) is 12.1 Å². The first kappa shape index (κ1) is 15.0. The average Bonchev–Trinajstić information content (AvgIpc) is 2.83. The van der Waals surface area contributed by atoms with Crippen molar-refractivity contribution in [1.82, 2.24) is 0 Å². The van der Waals surface area contributed by atoms with Crippen LogP contribution in [0, 0.1) is 11.8 Å². The summed E-state index contributed by atoms with van der Waals surface area (Å²) in [4.78, 5) is 0. The maximum absolute atomic E-state index is 6.72. The van der Waals surface area contributed by atoms with E-state index in [-0.39, 0.29) is 5.38 Å². The Balaban J connectivity index is 2.36. The zero-order valence-electron chi connectivity index (χ0n) is 11.6. The number of benzene rings is 1. The normalized spacial score (nSPS) is 24.3. The molecule has 2 nitrogen and oxygen atoms in total. The summed E-state index contributed by atoms with van der Waals surface area (Å²) in [6, 6.07) is 3.93. The molecule has 1 aliphatic carbocycles. The lowest BCUT2D eigenvalue weighted by atomic mass is 9.90. The van der Waals surface area contributed by atoms with Gasteiger partial charge in [-0.1, -0.05) is 19.8 Å². The van der Waals surface area contributed by atoms with E-state index in [4.69, 9.17) is 21.1 Å². The molecule has 106 valence electrons. The highest BCUT2D eigenvalue weighted by Crippen LogP contribution is 2.47. The Morgan fingerprint density at radius 3 is 2.42 bits per heavy atom. The third kappa shape index (κ3) is 3.03. The van der Waals surface area contributed by atoms with Gasteiger partial charge in [-0.3, -0.25) is 0 Å². The number of alkyl halides is 1. The molecule has 0 heterocycles. The van der Waals surface area contributed by atoms with Gasteiger partial charge >= 0.3 is 0 Å². The number of ether oxygens (including phenoxy) is 2. The van der Waals surface area contributed by atoms with Crippen LogP contribution in [0.2, 0.25) is 0 Å². The maximum Gasteiger partial charge on any atom is 0.133 e. The van der Waals surface area contributed by atoms with Gasteiger partial charge in [0.1, 0.15) is 11.5 Å². The van der Waals surface area contributed by atoms with E-state index in [1.165, 1.54) is 19.3 Å². The summed E-state index contributed by atoms with van der Waals surface area (Å²) in [5.74, 6) is 2.81. The van der Waals surface area contributed by atoms with Crippen molar-refractivity contribution in [3.63, 3.8) is 0 Å². The van der Waals surface area contributed by atoms with Gasteiger partial charge in [0.2, 0.25) is 0 Å². The summed E-state index contributed by atoms with van der Waals surface area (Å²) >= 11 is 10.2. The minimum absolute atomic E-state index is 0.0190. The van der Waals surface area contributed by atoms with Crippen molar-refractivity contribution >= 4 is 27.5 Å². The lowest BCUT2D eigenvalue weighted by Gasteiger charge is -2.24. The Morgan fingerprint density at radius 2 is 1.89 bits per heavy atom. The average molecular weight is 348 g/mol. The van der Waals surface area contributed by atoms with Gasteiger partial charge in [0.25, 0.3) is 0 Å². The highest BCUT2D eigenvalue weighted by Gasteiger charge is 2.32. The van der Waals surface area contributed by atoms with E-state index in [9.17, 15) is 0 Å². The van der Waals surface area contributed by atoms with Crippen molar-refractivity contribution in [3.8, 4) is 11.5 Å². The molecule has 3 unspecified atom stereocenters. The van der Waals surface area contributed by atoms with E-state index < -0.39 is 0 Å². The molecule has 0 amide bonds. The largest absolute Gasteiger partial charge is 0.496 e. The Hall–Kier alpha value is -0.410. The van der Waals surface area contributed by atoms with Crippen LogP contribution >= 0.6 is 27.5 Å². The van der Waals surface area contributed by atoms with Crippen molar-refractivity contribution in [3.05, 3.63) is 22.2 Å². The number of hydrogen-bond donors (Lipinski definition) is 0. The Morgan fingerprint density at radius 1 is 1.21 bits per heavy atom. The molecule has 1 saturated carbocycles. The molecule has 2 rings (SSSR count). The Kier molecular flexibility index (Phi) is 5.02. The quantitative estimate of drug-likeness (QED) is 0.698. The number of halogens is 2. The van der Waals surface area contributed by atoms with Gasteiger partial charge in [0.05, 0.1) is 24.1 Å². The molecule has 0 N–H and O–H groups in total. The summed E-state index contributed by atoms with van der Waals surface area (Å²) in [6.07, 6.45) is 3.73. The molecule has 1 aliphatic rings. The molecule has 0 saturated heterocycles. The number of hydrogen-bond acceptors (Lipinski definition) is 2. The van der Waals surface area contributed by atoms with E-state index in [1.54, 1.807) is 14.2 Å². The van der Waals surface area contributed by atoms with Crippen molar-refractivity contribution in [2.24, 2.45) is 11.8 Å². The molecule has 0 spiro atoms. The number of methoxy groups -OCH3 is 2. The van der Waals surface area contributed by atoms with E-state index in [2.05, 4.69) is 22.9 Å². The van der Waals surface area contributed by atoms with E-state index >= 15 is 0 Å². The SMILES string of the molecule is COc1cc(C(Cl)C2CCCC2C)c(OC)cc1Br. The van der Waals surface area contributed by atoms with Gasteiger partial charge in [-0.2, -0.15) is 0 Å². The van der Waals surface area contributed by atoms with Crippen molar-refractivity contribution in [1.29, 1.82) is 0 Å². The Bertz CT molecular complexity index is 450. The molecule has 4 heteroatoms. The molecule has 1 aromatic carbocycles. The van der Waals surface area contributed by atoms with E-state index in [0.29, 0.717) is 11.8 Å². The highest BCUT2D eigenvalue weighted by molar-refractivity contribution is 9.10. The third-order valence-electron chi connectivity index (χ3n) is 4.10. The van der Waals surface area contributed by atoms with Crippen LogP contribution in [0.15, 0.2) is 16.6 Å². The molecular formula is C15H20BrClO2. The van der Waals surface area contributed by atoms with Gasteiger partial charge in [-0.15, -0.1) is 11.6 Å². The monoisotopic (exact) mass is 346 g/mol. The minimum Gasteiger partial charge on any atom is -0.496 e. The zero-order chi connectivity index (χ0) is 14.0. The van der Waals surface area contributed by atoms with Crippen LogP contribution < -0.4 is 9.47 Å². The second-order valence-corrected chi connectivity index (χ2v) is 6.53. The first-order valence-electron chi connectivity index (χ1n) is 6.64. The van der Waals surface area contributed by atoms with Gasteiger partial charge in [-0.05, 0) is 46.3 Å². The smallest absolute Gasteiger partial charge is 0.133 e. The fourth-order valence-corrected chi connectivity index (χ4v) is 3.97. The van der Waals surface area contributed by atoms with Crippen LogP contribution in [0.4, 0.5) is 0 Å². The molecule has 0 aliphatic heterocycles. The summed E-state index contributed by atoms with van der Waals surface area (Å²) < 4.78 is 11.7.